The Morgan fingerprint density at radius 1 is 0.512 bits per heavy atom. The maximum absolute atomic E-state index is 5.27. The van der Waals surface area contributed by atoms with E-state index in [2.05, 4.69) is 109 Å². The Kier molecular flexibility index (Phi) is 5.13. The van der Waals surface area contributed by atoms with Crippen molar-refractivity contribution < 1.29 is 0 Å². The van der Waals surface area contributed by atoms with Gasteiger partial charge in [-0.25, -0.2) is 9.97 Å². The largest absolute Gasteiger partial charge is 0.255 e. The third-order valence-electron chi connectivity index (χ3n) is 8.39. The normalized spacial score (nSPS) is 13.3. The van der Waals surface area contributed by atoms with Gasteiger partial charge in [-0.3, -0.25) is 9.97 Å². The van der Waals surface area contributed by atoms with Crippen molar-refractivity contribution in [3.63, 3.8) is 0 Å². The van der Waals surface area contributed by atoms with Crippen LogP contribution in [0.25, 0.3) is 66.8 Å². The van der Waals surface area contributed by atoms with Gasteiger partial charge in [-0.2, -0.15) is 0 Å². The van der Waals surface area contributed by atoms with Crippen molar-refractivity contribution in [1.29, 1.82) is 0 Å². The van der Waals surface area contributed by atoms with Crippen LogP contribution in [0.4, 0.5) is 0 Å². The van der Waals surface area contributed by atoms with Gasteiger partial charge in [-0.1, -0.05) is 98.8 Å². The van der Waals surface area contributed by atoms with Crippen LogP contribution in [0.15, 0.2) is 122 Å². The molecule has 0 N–H and O–H groups in total. The monoisotopic (exact) mass is 526 g/mol. The molecule has 0 unspecified atom stereocenters. The molecule has 0 bridgehead atoms. The van der Waals surface area contributed by atoms with Gasteiger partial charge in [0.15, 0.2) is 5.82 Å². The third-order valence-corrected chi connectivity index (χ3v) is 8.39. The summed E-state index contributed by atoms with van der Waals surface area (Å²) in [6, 6.07) is 38.1. The highest BCUT2D eigenvalue weighted by molar-refractivity contribution is 5.96. The van der Waals surface area contributed by atoms with Crippen LogP contribution < -0.4 is 0 Å². The van der Waals surface area contributed by atoms with Crippen LogP contribution >= 0.6 is 0 Å². The highest BCUT2D eigenvalue weighted by Crippen LogP contribution is 2.51. The van der Waals surface area contributed by atoms with Crippen molar-refractivity contribution in [2.24, 2.45) is 0 Å². The maximum Gasteiger partial charge on any atom is 0.160 e. The van der Waals surface area contributed by atoms with E-state index in [0.717, 1.165) is 55.7 Å². The molecule has 4 aromatic carbocycles. The van der Waals surface area contributed by atoms with Crippen LogP contribution in [0, 0.1) is 0 Å². The molecule has 3 aromatic heterocycles. The van der Waals surface area contributed by atoms with E-state index in [1.807, 2.05) is 36.7 Å². The van der Waals surface area contributed by atoms with Gasteiger partial charge in [-0.05, 0) is 52.1 Å². The van der Waals surface area contributed by atoms with Crippen molar-refractivity contribution in [2.75, 3.05) is 0 Å². The molecule has 194 valence electrons. The number of benzene rings is 4. The van der Waals surface area contributed by atoms with Crippen molar-refractivity contribution in [3.05, 3.63) is 133 Å². The molecule has 41 heavy (non-hydrogen) atoms. The van der Waals surface area contributed by atoms with Crippen molar-refractivity contribution in [3.8, 4) is 44.9 Å². The average Bonchev–Trinajstić information content (AvgIpc) is 3.27. The Hall–Kier alpha value is -5.22. The van der Waals surface area contributed by atoms with E-state index in [-0.39, 0.29) is 5.41 Å². The molecule has 0 aliphatic heterocycles. The van der Waals surface area contributed by atoms with E-state index in [4.69, 9.17) is 9.97 Å². The van der Waals surface area contributed by atoms with Gasteiger partial charge < -0.3 is 0 Å². The quantitative estimate of drug-likeness (QED) is 0.231. The maximum atomic E-state index is 5.27. The highest BCUT2D eigenvalue weighted by atomic mass is 14.9. The highest BCUT2D eigenvalue weighted by Gasteiger charge is 2.37. The second kappa shape index (κ2) is 8.90. The summed E-state index contributed by atoms with van der Waals surface area (Å²) >= 11 is 0. The summed E-state index contributed by atoms with van der Waals surface area (Å²) in [5.74, 6) is 0.754. The Morgan fingerprint density at radius 3 is 2.15 bits per heavy atom. The Balaban J connectivity index is 1.30. The van der Waals surface area contributed by atoms with Crippen LogP contribution in [0.2, 0.25) is 0 Å². The van der Waals surface area contributed by atoms with Crippen LogP contribution in [0.3, 0.4) is 0 Å². The lowest BCUT2D eigenvalue weighted by Gasteiger charge is -2.24. The fraction of sp³-hybridized carbons (Fsp3) is 0.0811. The molecule has 0 atom stereocenters. The average molecular weight is 527 g/mol. The molecule has 3 heterocycles. The number of rotatable bonds is 3. The Morgan fingerprint density at radius 2 is 1.24 bits per heavy atom. The van der Waals surface area contributed by atoms with Gasteiger partial charge in [0.05, 0.1) is 22.2 Å². The van der Waals surface area contributed by atoms with Gasteiger partial charge in [0.1, 0.15) is 0 Å². The SMILES string of the molecule is CC1(C)c2ccccc2-c2cccc(-c3nc(-c4ccc(-c5ccnc6cccnc56)cc4)c4ccccc4n3)c21. The second-order valence-corrected chi connectivity index (χ2v) is 11.1. The first-order valence-corrected chi connectivity index (χ1v) is 13.9. The smallest absolute Gasteiger partial charge is 0.160 e. The number of para-hydroxylation sites is 1. The summed E-state index contributed by atoms with van der Waals surface area (Å²) in [6.07, 6.45) is 3.66. The zero-order valence-corrected chi connectivity index (χ0v) is 22.8. The standard InChI is InChI=1S/C37H26N4/c1-37(2)30-13-5-3-9-26(30)27-11-7-12-29(33(27)37)36-40-31-14-6-4-10-28(31)34(41-36)24-18-16-23(17-19-24)25-20-22-38-32-15-8-21-39-35(25)32/h3-22H,1-2H3. The summed E-state index contributed by atoms with van der Waals surface area (Å²) in [7, 11) is 0. The van der Waals surface area contributed by atoms with Gasteiger partial charge in [-0.15, -0.1) is 0 Å². The fourth-order valence-corrected chi connectivity index (χ4v) is 6.47. The first-order valence-electron chi connectivity index (χ1n) is 13.9. The lowest BCUT2D eigenvalue weighted by atomic mass is 9.80. The molecule has 0 saturated carbocycles. The fourth-order valence-electron chi connectivity index (χ4n) is 6.47. The minimum atomic E-state index is -0.152. The van der Waals surface area contributed by atoms with Crippen molar-refractivity contribution in [2.45, 2.75) is 19.3 Å². The van der Waals surface area contributed by atoms with E-state index in [0.29, 0.717) is 0 Å². The van der Waals surface area contributed by atoms with E-state index in [1.54, 1.807) is 0 Å². The number of nitrogens with zero attached hydrogens (tertiary/aromatic N) is 4. The van der Waals surface area contributed by atoms with Crippen LogP contribution in [0.5, 0.6) is 0 Å². The van der Waals surface area contributed by atoms with Crippen LogP contribution in [0.1, 0.15) is 25.0 Å². The second-order valence-electron chi connectivity index (χ2n) is 11.1. The molecule has 0 radical (unpaired) electrons. The molecule has 1 aliphatic carbocycles. The van der Waals surface area contributed by atoms with E-state index >= 15 is 0 Å². The molecule has 0 fully saturated rings. The van der Waals surface area contributed by atoms with Crippen LogP contribution in [-0.2, 0) is 5.41 Å². The zero-order valence-electron chi connectivity index (χ0n) is 22.8. The molecule has 8 rings (SSSR count). The summed E-state index contributed by atoms with van der Waals surface area (Å²) in [4.78, 5) is 19.4. The minimum absolute atomic E-state index is 0.152. The number of fused-ring (bicyclic) bond motifs is 5. The van der Waals surface area contributed by atoms with Gasteiger partial charge in [0, 0.05) is 39.9 Å². The molecule has 0 spiro atoms. The summed E-state index contributed by atoms with van der Waals surface area (Å²) in [5.41, 5.74) is 13.0. The molecule has 0 saturated heterocycles. The van der Waals surface area contributed by atoms with Gasteiger partial charge in [0.25, 0.3) is 0 Å². The number of pyridine rings is 2. The van der Waals surface area contributed by atoms with Gasteiger partial charge >= 0.3 is 0 Å². The summed E-state index contributed by atoms with van der Waals surface area (Å²) < 4.78 is 0. The minimum Gasteiger partial charge on any atom is -0.255 e. The molecule has 4 nitrogen and oxygen atoms in total. The number of aromatic nitrogens is 4. The zero-order chi connectivity index (χ0) is 27.6. The van der Waals surface area contributed by atoms with Gasteiger partial charge in [0.2, 0.25) is 0 Å². The molecule has 1 aliphatic rings. The van der Waals surface area contributed by atoms with Crippen LogP contribution in [-0.4, -0.2) is 19.9 Å². The molecule has 7 aromatic rings. The van der Waals surface area contributed by atoms with E-state index in [9.17, 15) is 0 Å². The first-order chi connectivity index (χ1) is 20.1. The number of hydrogen-bond donors (Lipinski definition) is 0. The molecular formula is C37H26N4. The molecular weight excluding hydrogens is 500 g/mol. The third kappa shape index (κ3) is 3.61. The lowest BCUT2D eigenvalue weighted by Crippen LogP contribution is -2.16. The summed E-state index contributed by atoms with van der Waals surface area (Å²) in [6.45, 7) is 4.61. The Bertz CT molecular complexity index is 2120. The van der Waals surface area contributed by atoms with Crippen molar-refractivity contribution >= 4 is 21.9 Å². The van der Waals surface area contributed by atoms with E-state index < -0.39 is 0 Å². The molecule has 4 heteroatoms. The summed E-state index contributed by atoms with van der Waals surface area (Å²) in [5, 5.41) is 1.04. The predicted molar refractivity (Wildman–Crippen MR) is 167 cm³/mol. The Labute approximate surface area is 238 Å². The topological polar surface area (TPSA) is 51.6 Å². The predicted octanol–water partition coefficient (Wildman–Crippen LogP) is 8.88. The van der Waals surface area contributed by atoms with E-state index in [1.165, 1.54) is 22.3 Å². The number of hydrogen-bond acceptors (Lipinski definition) is 4. The van der Waals surface area contributed by atoms with Crippen molar-refractivity contribution in [1.82, 2.24) is 19.9 Å². The first kappa shape index (κ1) is 23.6. The lowest BCUT2D eigenvalue weighted by molar-refractivity contribution is 0.661. The molecule has 0 amide bonds.